The second kappa shape index (κ2) is 21.8. The molecule has 2 aliphatic heterocycles. The van der Waals surface area contributed by atoms with Gasteiger partial charge in [0.1, 0.15) is 59.0 Å². The lowest BCUT2D eigenvalue weighted by atomic mass is 9.87. The van der Waals surface area contributed by atoms with Crippen molar-refractivity contribution in [3.8, 4) is 47.5 Å². The lowest BCUT2D eigenvalue weighted by molar-refractivity contribution is -0.246. The SMILES string of the molecule is C#C[C@H]1[C@H](OCOC)[C@@H](OCOC)[C@H](C#CC#C[C@H]2[C@H](O)[C@@H](O[Si](C(C)C)(C(C)C)C(C)C)[C@H](C#C[Si](C)(C)C)O[C@@H]2CO)O[C@@H]1COCOC. The van der Waals surface area contributed by atoms with Crippen molar-refractivity contribution in [3.05, 3.63) is 0 Å². The van der Waals surface area contributed by atoms with Gasteiger partial charge in [-0.2, -0.15) is 0 Å². The van der Waals surface area contributed by atoms with E-state index in [-0.39, 0.29) is 50.2 Å². The zero-order chi connectivity index (χ0) is 38.4. The van der Waals surface area contributed by atoms with Gasteiger partial charge in [0.15, 0.2) is 0 Å². The molecule has 0 aliphatic carbocycles. The Morgan fingerprint density at radius 2 is 1.24 bits per heavy atom. The summed E-state index contributed by atoms with van der Waals surface area (Å²) in [4.78, 5) is 0. The summed E-state index contributed by atoms with van der Waals surface area (Å²) in [5.41, 5.74) is 4.18. The molecule has 13 heteroatoms. The molecule has 288 valence electrons. The Kier molecular flexibility index (Phi) is 19.4. The number of rotatable bonds is 16. The summed E-state index contributed by atoms with van der Waals surface area (Å²) in [6.07, 6.45) is -0.328. The quantitative estimate of drug-likeness (QED) is 0.104. The molecular weight excluding hydrogens is 689 g/mol. The molecule has 51 heavy (non-hydrogen) atoms. The number of hydrogen-bond donors (Lipinski definition) is 2. The van der Waals surface area contributed by atoms with Crippen LogP contribution in [0.3, 0.4) is 0 Å². The van der Waals surface area contributed by atoms with E-state index in [2.05, 4.69) is 102 Å². The number of hydrogen-bond acceptors (Lipinski definition) is 11. The van der Waals surface area contributed by atoms with Gasteiger partial charge in [0.05, 0.1) is 43.4 Å². The first-order valence-corrected chi connectivity index (χ1v) is 23.3. The van der Waals surface area contributed by atoms with Gasteiger partial charge in [0.25, 0.3) is 0 Å². The largest absolute Gasteiger partial charge is 0.407 e. The van der Waals surface area contributed by atoms with Crippen LogP contribution in [0.15, 0.2) is 0 Å². The highest BCUT2D eigenvalue weighted by atomic mass is 28.4. The Morgan fingerprint density at radius 1 is 0.706 bits per heavy atom. The van der Waals surface area contributed by atoms with Crippen LogP contribution in [-0.2, 0) is 42.3 Å². The third kappa shape index (κ3) is 12.4. The molecule has 2 heterocycles. The van der Waals surface area contributed by atoms with Gasteiger partial charge < -0.3 is 52.5 Å². The van der Waals surface area contributed by atoms with Gasteiger partial charge in [-0.05, 0) is 28.5 Å². The summed E-state index contributed by atoms with van der Waals surface area (Å²) in [6, 6.07) is 0. The van der Waals surface area contributed by atoms with E-state index in [0.717, 1.165) is 0 Å². The van der Waals surface area contributed by atoms with Gasteiger partial charge in [-0.15, -0.1) is 12.0 Å². The molecule has 2 saturated heterocycles. The first-order valence-electron chi connectivity index (χ1n) is 17.7. The van der Waals surface area contributed by atoms with Crippen molar-refractivity contribution >= 4 is 16.4 Å². The molecule has 0 amide bonds. The highest BCUT2D eigenvalue weighted by Gasteiger charge is 2.53. The summed E-state index contributed by atoms with van der Waals surface area (Å²) in [7, 11) is 0.247. The van der Waals surface area contributed by atoms with E-state index < -0.39 is 77.1 Å². The van der Waals surface area contributed by atoms with E-state index in [0.29, 0.717) is 0 Å². The van der Waals surface area contributed by atoms with Crippen LogP contribution in [0.25, 0.3) is 0 Å². The molecular formula is C38H62O11Si2. The van der Waals surface area contributed by atoms with Gasteiger partial charge in [-0.1, -0.05) is 84.9 Å². The maximum absolute atomic E-state index is 12.0. The van der Waals surface area contributed by atoms with Crippen LogP contribution in [0.5, 0.6) is 0 Å². The van der Waals surface area contributed by atoms with Crippen molar-refractivity contribution in [2.45, 2.75) is 127 Å². The smallest absolute Gasteiger partial charge is 0.201 e. The summed E-state index contributed by atoms with van der Waals surface area (Å²) in [6.45, 7) is 19.3. The number of methoxy groups -OCH3 is 3. The first-order chi connectivity index (χ1) is 24.1. The molecule has 2 rings (SSSR count). The number of aliphatic hydroxyl groups excluding tert-OH is 2. The van der Waals surface area contributed by atoms with Crippen molar-refractivity contribution in [1.82, 2.24) is 0 Å². The molecule has 0 saturated carbocycles. The summed E-state index contributed by atoms with van der Waals surface area (Å²) >= 11 is 0. The molecule has 0 aromatic rings. The Hall–Kier alpha value is -1.77. The standard InChI is InChI=1S/C38H62O11Si2/c1-14-29-34(22-44-23-41-8)48-31(38(46-25-43-10)36(29)45-24-42-9)18-16-15-17-30-33(21-39)47-32(19-20-50(11,12)13)37(35(30)40)49-51(26(2)3,27(4)5)28(6)7/h1,26-40H,21-25H2,2-13H3/t29-,30-,31+,32+,33-,34-,35+,36+,37+,38+/m1/s1. The lowest BCUT2D eigenvalue weighted by Gasteiger charge is -2.49. The average Bonchev–Trinajstić information content (AvgIpc) is 3.06. The molecule has 0 aromatic carbocycles. The molecule has 0 aromatic heterocycles. The third-order valence-electron chi connectivity index (χ3n) is 9.19. The van der Waals surface area contributed by atoms with Crippen molar-refractivity contribution in [2.24, 2.45) is 11.8 Å². The maximum Gasteiger partial charge on any atom is 0.201 e. The monoisotopic (exact) mass is 750 g/mol. The second-order valence-corrected chi connectivity index (χ2v) is 25.0. The summed E-state index contributed by atoms with van der Waals surface area (Å²) in [5.74, 6) is 16.6. The molecule has 0 unspecified atom stereocenters. The van der Waals surface area contributed by atoms with E-state index in [1.54, 1.807) is 0 Å². The first kappa shape index (κ1) is 45.4. The molecule has 2 fully saturated rings. The van der Waals surface area contributed by atoms with Gasteiger partial charge in [0.2, 0.25) is 8.32 Å². The van der Waals surface area contributed by atoms with E-state index in [4.69, 9.17) is 48.7 Å². The van der Waals surface area contributed by atoms with Crippen LogP contribution >= 0.6 is 0 Å². The van der Waals surface area contributed by atoms with Crippen molar-refractivity contribution in [2.75, 3.05) is 54.9 Å². The fraction of sp³-hybridized carbons (Fsp3) is 0.789. The van der Waals surface area contributed by atoms with Gasteiger partial charge in [-0.25, -0.2) is 0 Å². The number of terminal acetylenes is 1. The highest BCUT2D eigenvalue weighted by Crippen LogP contribution is 2.45. The van der Waals surface area contributed by atoms with Crippen LogP contribution in [-0.4, -0.2) is 130 Å². The zero-order valence-electron chi connectivity index (χ0n) is 32.7. The van der Waals surface area contributed by atoms with Crippen LogP contribution < -0.4 is 0 Å². The Balaban J connectivity index is 2.56. The predicted octanol–water partition coefficient (Wildman–Crippen LogP) is 3.79. The Bertz CT molecular complexity index is 1250. The minimum absolute atomic E-state index is 0.0372. The highest BCUT2D eigenvalue weighted by molar-refractivity contribution is 6.83. The minimum atomic E-state index is -2.49. The fourth-order valence-electron chi connectivity index (χ4n) is 7.02. The van der Waals surface area contributed by atoms with Gasteiger partial charge in [-0.3, -0.25) is 0 Å². The van der Waals surface area contributed by atoms with E-state index in [1.165, 1.54) is 21.3 Å². The predicted molar refractivity (Wildman–Crippen MR) is 200 cm³/mol. The van der Waals surface area contributed by atoms with Crippen LogP contribution in [0.4, 0.5) is 0 Å². The number of ether oxygens (including phenoxy) is 8. The molecule has 10 atom stereocenters. The topological polar surface area (TPSA) is 124 Å². The molecule has 2 aliphatic rings. The van der Waals surface area contributed by atoms with Crippen LogP contribution in [0, 0.1) is 59.3 Å². The van der Waals surface area contributed by atoms with Crippen molar-refractivity contribution < 1.29 is 52.5 Å². The molecule has 2 N–H and O–H groups in total. The molecule has 0 radical (unpaired) electrons. The third-order valence-corrected chi connectivity index (χ3v) is 16.2. The Morgan fingerprint density at radius 3 is 1.75 bits per heavy atom. The molecule has 11 nitrogen and oxygen atoms in total. The molecule has 0 spiro atoms. The van der Waals surface area contributed by atoms with Gasteiger partial charge >= 0.3 is 0 Å². The van der Waals surface area contributed by atoms with Crippen LogP contribution in [0.2, 0.25) is 36.3 Å². The molecule has 0 bridgehead atoms. The van der Waals surface area contributed by atoms with Gasteiger partial charge in [0, 0.05) is 21.3 Å². The van der Waals surface area contributed by atoms with Crippen molar-refractivity contribution in [3.63, 3.8) is 0 Å². The van der Waals surface area contributed by atoms with E-state index in [1.807, 2.05) is 0 Å². The lowest BCUT2D eigenvalue weighted by Crippen LogP contribution is -2.61. The van der Waals surface area contributed by atoms with E-state index >= 15 is 0 Å². The summed E-state index contributed by atoms with van der Waals surface area (Å²) in [5, 5.41) is 22.4. The fourth-order valence-corrected chi connectivity index (χ4v) is 13.1. The minimum Gasteiger partial charge on any atom is -0.407 e. The maximum atomic E-state index is 12.0. The van der Waals surface area contributed by atoms with Crippen LogP contribution in [0.1, 0.15) is 41.5 Å². The van der Waals surface area contributed by atoms with E-state index in [9.17, 15) is 10.2 Å². The summed E-state index contributed by atoms with van der Waals surface area (Å²) < 4.78 is 52.8. The average molecular weight is 751 g/mol. The normalized spacial score (nSPS) is 29.8. The second-order valence-electron chi connectivity index (χ2n) is 14.9. The van der Waals surface area contributed by atoms with Crippen molar-refractivity contribution in [1.29, 1.82) is 0 Å². The zero-order valence-corrected chi connectivity index (χ0v) is 34.7. The number of aliphatic hydroxyl groups is 2. The Labute approximate surface area is 309 Å².